The van der Waals surface area contributed by atoms with Crippen molar-refractivity contribution in [2.24, 2.45) is 5.92 Å². The number of carbonyl (C=O) groups excluding carboxylic acids is 1. The smallest absolute Gasteiger partial charge is 0.231 e. The molecule has 6 heteroatoms. The van der Waals surface area contributed by atoms with Crippen LogP contribution >= 0.6 is 0 Å². The Hall–Kier alpha value is -2.57. The van der Waals surface area contributed by atoms with Crippen LogP contribution in [0.3, 0.4) is 0 Å². The van der Waals surface area contributed by atoms with Gasteiger partial charge in [0, 0.05) is 12.5 Å². The topological polar surface area (TPSA) is 57.2 Å². The van der Waals surface area contributed by atoms with Gasteiger partial charge in [0.1, 0.15) is 0 Å². The summed E-state index contributed by atoms with van der Waals surface area (Å²) >= 11 is 0. The Balaban J connectivity index is 1.32. The van der Waals surface area contributed by atoms with Crippen molar-refractivity contribution in [3.05, 3.63) is 59.7 Å². The molecule has 2 heterocycles. The maximum atomic E-state index is 13.3. The van der Waals surface area contributed by atoms with Crippen molar-refractivity contribution in [3.63, 3.8) is 0 Å². The highest BCUT2D eigenvalue weighted by Crippen LogP contribution is 2.48. The second-order valence-electron chi connectivity index (χ2n) is 7.44. The Bertz CT molecular complexity index is 849. The average Bonchev–Trinajstić information content (AvgIpc) is 3.10. The van der Waals surface area contributed by atoms with Gasteiger partial charge in [-0.15, -0.1) is 0 Å². The normalized spacial score (nSPS) is 23.0. The van der Waals surface area contributed by atoms with Crippen LogP contribution in [0, 0.1) is 5.92 Å². The summed E-state index contributed by atoms with van der Waals surface area (Å²) in [4.78, 5) is 15.1. The standard InChI is InChI=1S/C22H23NO5/c24-22(18-11-17(18)16-4-2-1-3-5-16)23(13-21-25-8-9-26-21)12-15-6-7-19-20(10-15)28-14-27-19/h1-7,10,17-18,21H,8-9,11-14H2/t17-,18+/m0/s1. The van der Waals surface area contributed by atoms with Gasteiger partial charge < -0.3 is 23.8 Å². The maximum absolute atomic E-state index is 13.3. The Labute approximate surface area is 163 Å². The minimum Gasteiger partial charge on any atom is -0.454 e. The van der Waals surface area contributed by atoms with E-state index in [0.717, 1.165) is 23.5 Å². The van der Waals surface area contributed by atoms with E-state index in [1.165, 1.54) is 5.56 Å². The molecule has 0 unspecified atom stereocenters. The van der Waals surface area contributed by atoms with Crippen molar-refractivity contribution >= 4 is 5.91 Å². The zero-order valence-electron chi connectivity index (χ0n) is 15.6. The van der Waals surface area contributed by atoms with E-state index in [0.29, 0.717) is 32.2 Å². The summed E-state index contributed by atoms with van der Waals surface area (Å²) < 4.78 is 22.0. The quantitative estimate of drug-likeness (QED) is 0.770. The third-order valence-corrected chi connectivity index (χ3v) is 5.52. The SMILES string of the molecule is O=C([C@@H]1C[C@H]1c1ccccc1)N(Cc1ccc2c(c1)OCO2)CC1OCCO1. The van der Waals surface area contributed by atoms with E-state index in [1.807, 2.05) is 41.3 Å². The van der Waals surface area contributed by atoms with Crippen LogP contribution in [0.2, 0.25) is 0 Å². The molecule has 0 spiro atoms. The van der Waals surface area contributed by atoms with E-state index in [9.17, 15) is 4.79 Å². The molecular weight excluding hydrogens is 358 g/mol. The van der Waals surface area contributed by atoms with E-state index < -0.39 is 0 Å². The first-order valence-corrected chi connectivity index (χ1v) is 9.73. The highest BCUT2D eigenvalue weighted by Gasteiger charge is 2.46. The lowest BCUT2D eigenvalue weighted by molar-refractivity contribution is -0.139. The van der Waals surface area contributed by atoms with Gasteiger partial charge >= 0.3 is 0 Å². The Morgan fingerprint density at radius 2 is 1.79 bits per heavy atom. The Kier molecular flexibility index (Phi) is 4.66. The molecule has 2 aliphatic heterocycles. The lowest BCUT2D eigenvalue weighted by Gasteiger charge is -2.25. The van der Waals surface area contributed by atoms with Crippen molar-refractivity contribution in [2.75, 3.05) is 26.6 Å². The molecule has 1 amide bonds. The molecule has 2 aromatic rings. The van der Waals surface area contributed by atoms with Gasteiger partial charge in [-0.2, -0.15) is 0 Å². The van der Waals surface area contributed by atoms with Crippen LogP contribution in [0.25, 0.3) is 0 Å². The lowest BCUT2D eigenvalue weighted by Crippen LogP contribution is -2.38. The molecule has 0 radical (unpaired) electrons. The maximum Gasteiger partial charge on any atom is 0.231 e. The molecule has 0 aromatic heterocycles. The Morgan fingerprint density at radius 1 is 1.00 bits per heavy atom. The molecular formula is C22H23NO5. The number of amides is 1. The zero-order chi connectivity index (χ0) is 18.9. The highest BCUT2D eigenvalue weighted by atomic mass is 16.7. The van der Waals surface area contributed by atoms with Gasteiger partial charge in [0.25, 0.3) is 0 Å². The number of fused-ring (bicyclic) bond motifs is 1. The molecule has 146 valence electrons. The summed E-state index contributed by atoms with van der Waals surface area (Å²) in [6.07, 6.45) is 0.541. The second-order valence-corrected chi connectivity index (χ2v) is 7.44. The molecule has 5 rings (SSSR count). The van der Waals surface area contributed by atoms with E-state index in [1.54, 1.807) is 0 Å². The second kappa shape index (κ2) is 7.45. The van der Waals surface area contributed by atoms with Crippen LogP contribution in [0.5, 0.6) is 11.5 Å². The van der Waals surface area contributed by atoms with Gasteiger partial charge in [0.15, 0.2) is 17.8 Å². The highest BCUT2D eigenvalue weighted by molar-refractivity contribution is 5.83. The molecule has 2 atom stereocenters. The first-order chi connectivity index (χ1) is 13.8. The first-order valence-electron chi connectivity index (χ1n) is 9.73. The number of nitrogens with zero attached hydrogens (tertiary/aromatic N) is 1. The van der Waals surface area contributed by atoms with Gasteiger partial charge in [-0.05, 0) is 35.6 Å². The fourth-order valence-electron chi connectivity index (χ4n) is 3.96. The molecule has 1 saturated heterocycles. The van der Waals surface area contributed by atoms with Crippen LogP contribution in [0.15, 0.2) is 48.5 Å². The summed E-state index contributed by atoms with van der Waals surface area (Å²) in [6.45, 7) is 2.33. The zero-order valence-corrected chi connectivity index (χ0v) is 15.6. The summed E-state index contributed by atoms with van der Waals surface area (Å²) in [7, 11) is 0. The minimum absolute atomic E-state index is 0.0258. The van der Waals surface area contributed by atoms with Gasteiger partial charge in [0.2, 0.25) is 12.7 Å². The summed E-state index contributed by atoms with van der Waals surface area (Å²) in [5.41, 5.74) is 2.24. The molecule has 3 aliphatic rings. The van der Waals surface area contributed by atoms with Crippen LogP contribution in [-0.2, 0) is 20.8 Å². The Morgan fingerprint density at radius 3 is 2.61 bits per heavy atom. The van der Waals surface area contributed by atoms with Crippen LogP contribution in [0.4, 0.5) is 0 Å². The summed E-state index contributed by atoms with van der Waals surface area (Å²) in [6, 6.07) is 16.1. The molecule has 1 aliphatic carbocycles. The number of rotatable bonds is 6. The minimum atomic E-state index is -0.355. The third kappa shape index (κ3) is 3.57. The largest absolute Gasteiger partial charge is 0.454 e. The number of ether oxygens (including phenoxy) is 4. The van der Waals surface area contributed by atoms with Crippen molar-refractivity contribution < 1.29 is 23.7 Å². The fraction of sp³-hybridized carbons (Fsp3) is 0.409. The summed E-state index contributed by atoms with van der Waals surface area (Å²) in [5.74, 6) is 1.96. The predicted octanol–water partition coefficient (Wildman–Crippen LogP) is 2.92. The molecule has 0 N–H and O–H groups in total. The van der Waals surface area contributed by atoms with E-state index in [4.69, 9.17) is 18.9 Å². The number of hydrogen-bond acceptors (Lipinski definition) is 5. The van der Waals surface area contributed by atoms with Gasteiger partial charge in [-0.3, -0.25) is 4.79 Å². The van der Waals surface area contributed by atoms with Crippen molar-refractivity contribution in [1.82, 2.24) is 4.90 Å². The van der Waals surface area contributed by atoms with Crippen molar-refractivity contribution in [1.29, 1.82) is 0 Å². The molecule has 1 saturated carbocycles. The lowest BCUT2D eigenvalue weighted by atomic mass is 10.1. The van der Waals surface area contributed by atoms with Crippen LogP contribution < -0.4 is 9.47 Å². The third-order valence-electron chi connectivity index (χ3n) is 5.52. The van der Waals surface area contributed by atoms with Gasteiger partial charge in [0.05, 0.1) is 19.8 Å². The fourth-order valence-corrected chi connectivity index (χ4v) is 3.96. The number of hydrogen-bond donors (Lipinski definition) is 0. The number of carbonyl (C=O) groups is 1. The van der Waals surface area contributed by atoms with Gasteiger partial charge in [-0.25, -0.2) is 0 Å². The van der Waals surface area contributed by atoms with Crippen molar-refractivity contribution in [3.8, 4) is 11.5 Å². The predicted molar refractivity (Wildman–Crippen MR) is 101 cm³/mol. The molecule has 0 bridgehead atoms. The van der Waals surface area contributed by atoms with Gasteiger partial charge in [-0.1, -0.05) is 36.4 Å². The van der Waals surface area contributed by atoms with Crippen LogP contribution in [0.1, 0.15) is 23.5 Å². The molecule has 28 heavy (non-hydrogen) atoms. The monoisotopic (exact) mass is 381 g/mol. The molecule has 2 aromatic carbocycles. The summed E-state index contributed by atoms with van der Waals surface area (Å²) in [5, 5.41) is 0. The average molecular weight is 381 g/mol. The van der Waals surface area contributed by atoms with E-state index in [-0.39, 0.29) is 24.9 Å². The first kappa shape index (κ1) is 17.5. The van der Waals surface area contributed by atoms with Crippen molar-refractivity contribution in [2.45, 2.75) is 25.2 Å². The molecule has 2 fully saturated rings. The van der Waals surface area contributed by atoms with Crippen LogP contribution in [-0.4, -0.2) is 43.6 Å². The van der Waals surface area contributed by atoms with E-state index in [2.05, 4.69) is 12.1 Å². The molecule has 6 nitrogen and oxygen atoms in total. The van der Waals surface area contributed by atoms with E-state index >= 15 is 0 Å². The number of benzene rings is 2.